The van der Waals surface area contributed by atoms with E-state index in [1.165, 1.54) is 0 Å². The minimum atomic E-state index is 0.427. The third-order valence-electron chi connectivity index (χ3n) is 7.48. The molecule has 1 aliphatic heterocycles. The molecule has 45 heavy (non-hydrogen) atoms. The second kappa shape index (κ2) is 12.8. The Labute approximate surface area is 280 Å². The molecule has 0 unspecified atom stereocenters. The predicted molar refractivity (Wildman–Crippen MR) is 187 cm³/mol. The summed E-state index contributed by atoms with van der Waals surface area (Å²) in [7, 11) is 0. The molecule has 0 atom stereocenters. The lowest BCUT2D eigenvalue weighted by Crippen LogP contribution is -2.38. The third-order valence-corrected chi connectivity index (χ3v) is 8.93. The topological polar surface area (TPSA) is 66.9 Å². The van der Waals surface area contributed by atoms with E-state index in [2.05, 4.69) is 51.3 Å². The number of allylic oxidation sites excluding steroid dienone is 3. The molecule has 8 nitrogen and oxygen atoms in total. The molecule has 228 valence electrons. The highest BCUT2D eigenvalue weighted by Crippen LogP contribution is 2.41. The van der Waals surface area contributed by atoms with Crippen LogP contribution < -0.4 is 14.4 Å². The van der Waals surface area contributed by atoms with Gasteiger partial charge < -0.3 is 9.80 Å². The molecular formula is C33H29Cl4N8+. The Hall–Kier alpha value is -3.95. The molecule has 0 bridgehead atoms. The van der Waals surface area contributed by atoms with E-state index >= 15 is 0 Å². The van der Waals surface area contributed by atoms with Crippen molar-refractivity contribution >= 4 is 91.4 Å². The van der Waals surface area contributed by atoms with Crippen LogP contribution in [-0.4, -0.2) is 37.6 Å². The van der Waals surface area contributed by atoms with Gasteiger partial charge in [0.1, 0.15) is 11.3 Å². The van der Waals surface area contributed by atoms with Gasteiger partial charge in [-0.3, -0.25) is 0 Å². The zero-order valence-electron chi connectivity index (χ0n) is 24.4. The summed E-state index contributed by atoms with van der Waals surface area (Å²) >= 11 is 25.3. The van der Waals surface area contributed by atoms with Crippen LogP contribution in [0.25, 0.3) is 33.4 Å². The van der Waals surface area contributed by atoms with Crippen molar-refractivity contribution in [2.24, 2.45) is 0 Å². The van der Waals surface area contributed by atoms with E-state index in [0.717, 1.165) is 22.9 Å². The van der Waals surface area contributed by atoms with Crippen LogP contribution in [0, 0.1) is 0 Å². The van der Waals surface area contributed by atoms with Crippen LogP contribution in [0.5, 0.6) is 0 Å². The van der Waals surface area contributed by atoms with Crippen LogP contribution in [-0.2, 0) is 19.5 Å². The van der Waals surface area contributed by atoms with E-state index in [4.69, 9.17) is 66.3 Å². The van der Waals surface area contributed by atoms with Crippen molar-refractivity contribution in [3.05, 3.63) is 113 Å². The molecule has 5 aromatic rings. The first-order valence-electron chi connectivity index (χ1n) is 14.2. The Balaban J connectivity index is 1.44. The molecule has 0 saturated carbocycles. The predicted octanol–water partition coefficient (Wildman–Crippen LogP) is 8.27. The molecule has 0 aliphatic carbocycles. The molecule has 2 aromatic carbocycles. The molecule has 0 saturated heterocycles. The summed E-state index contributed by atoms with van der Waals surface area (Å²) in [6, 6.07) is 6.96. The van der Waals surface area contributed by atoms with Gasteiger partial charge in [-0.1, -0.05) is 88.8 Å². The van der Waals surface area contributed by atoms with Gasteiger partial charge in [0.25, 0.3) is 5.65 Å². The van der Waals surface area contributed by atoms with Gasteiger partial charge in [-0.25, -0.2) is 24.1 Å². The number of hydrogen-bond donors (Lipinski definition) is 0. The average Bonchev–Trinajstić information content (AvgIpc) is 3.43. The maximum absolute atomic E-state index is 6.31. The maximum atomic E-state index is 6.31. The highest BCUT2D eigenvalue weighted by Gasteiger charge is 2.34. The third kappa shape index (κ3) is 5.57. The highest BCUT2D eigenvalue weighted by molar-refractivity contribution is 6.43. The first-order valence-corrected chi connectivity index (χ1v) is 15.7. The molecule has 0 N–H and O–H groups in total. The number of rotatable bonds is 11. The van der Waals surface area contributed by atoms with Crippen LogP contribution in [0.2, 0.25) is 20.1 Å². The smallest absolute Gasteiger partial charge is 0.306 e. The molecule has 0 amide bonds. The van der Waals surface area contributed by atoms with Crippen molar-refractivity contribution in [2.75, 3.05) is 22.9 Å². The summed E-state index contributed by atoms with van der Waals surface area (Å²) in [5, 5.41) is 1.71. The summed E-state index contributed by atoms with van der Waals surface area (Å²) in [4.78, 5) is 24.0. The van der Waals surface area contributed by atoms with Crippen LogP contribution in [0.3, 0.4) is 0 Å². The fraction of sp³-hybridized carbons (Fsp3) is 0.182. The number of nitrogens with zero attached hydrogens (tertiary/aromatic N) is 8. The van der Waals surface area contributed by atoms with Gasteiger partial charge in [-0.05, 0) is 30.7 Å². The number of imidazole rings is 1. The monoisotopic (exact) mass is 677 g/mol. The molecule has 0 fully saturated rings. The Morgan fingerprint density at radius 3 is 1.62 bits per heavy atom. The zero-order chi connectivity index (χ0) is 31.8. The van der Waals surface area contributed by atoms with Crippen LogP contribution in [0.4, 0.5) is 11.6 Å². The summed E-state index contributed by atoms with van der Waals surface area (Å²) in [5.41, 5.74) is 4.11. The van der Waals surface area contributed by atoms with Gasteiger partial charge in [0.05, 0.1) is 44.2 Å². The largest absolute Gasteiger partial charge is 0.323 e. The van der Waals surface area contributed by atoms with Gasteiger partial charge in [0.15, 0.2) is 17.2 Å². The van der Waals surface area contributed by atoms with Gasteiger partial charge in [-0.2, -0.15) is 0 Å². The second-order valence-corrected chi connectivity index (χ2v) is 12.0. The first-order chi connectivity index (χ1) is 21.8. The maximum Gasteiger partial charge on any atom is 0.323 e. The van der Waals surface area contributed by atoms with Crippen LogP contribution in [0.1, 0.15) is 12.2 Å². The summed E-state index contributed by atoms with van der Waals surface area (Å²) < 4.78 is 4.27. The van der Waals surface area contributed by atoms with Gasteiger partial charge in [0, 0.05) is 25.6 Å². The normalized spacial score (nSPS) is 12.8. The van der Waals surface area contributed by atoms with E-state index < -0.39 is 0 Å². The minimum absolute atomic E-state index is 0.427. The van der Waals surface area contributed by atoms with Crippen molar-refractivity contribution in [3.8, 4) is 0 Å². The standard InChI is InChI=1S/C33H29Cl4N8/c1-5-12-42-28(43(13-6-2)31-30(42)38-24-16-20(34)21(35)17-25(24)39-31)10-9-11-29-44(14-7-3)32-33(45(29)15-8-4)41-27-19-23(37)22(36)18-26(27)40-32/h5-8,10,16-19H,1-4,9,11-15H2/q+1. The number of benzene rings is 2. The summed E-state index contributed by atoms with van der Waals surface area (Å²) in [6.07, 6.45) is 10.9. The van der Waals surface area contributed by atoms with E-state index in [1.807, 2.05) is 24.3 Å². The van der Waals surface area contributed by atoms with E-state index in [-0.39, 0.29) is 0 Å². The lowest BCUT2D eigenvalue weighted by Gasteiger charge is -2.22. The fourth-order valence-corrected chi connectivity index (χ4v) is 6.26. The second-order valence-electron chi connectivity index (χ2n) is 10.4. The lowest BCUT2D eigenvalue weighted by molar-refractivity contribution is -0.671. The van der Waals surface area contributed by atoms with E-state index in [0.29, 0.717) is 92.8 Å². The SMILES string of the molecule is C=CCN1C(=CCCc2n(CC=C)c3nc4cc(Cl)c(Cl)cc4nc3[n+]2CC=C)N(CC=C)c2nc3cc(Cl)c(Cl)cc3nc21. The average molecular weight is 679 g/mol. The van der Waals surface area contributed by atoms with Crippen molar-refractivity contribution < 1.29 is 4.57 Å². The van der Waals surface area contributed by atoms with Crippen molar-refractivity contribution in [3.63, 3.8) is 0 Å². The van der Waals surface area contributed by atoms with E-state index in [1.54, 1.807) is 24.3 Å². The fourth-order valence-electron chi connectivity index (χ4n) is 5.62. The zero-order valence-corrected chi connectivity index (χ0v) is 27.4. The molecule has 6 rings (SSSR count). The number of fused-ring (bicyclic) bond motifs is 4. The number of halogens is 4. The summed E-state index contributed by atoms with van der Waals surface area (Å²) in [6.45, 7) is 18.1. The van der Waals surface area contributed by atoms with Gasteiger partial charge >= 0.3 is 5.65 Å². The van der Waals surface area contributed by atoms with Crippen molar-refractivity contribution in [2.45, 2.75) is 25.9 Å². The van der Waals surface area contributed by atoms with Crippen LogP contribution in [0.15, 0.2) is 86.8 Å². The number of hydrogen-bond acceptors (Lipinski definition) is 6. The molecular weight excluding hydrogens is 650 g/mol. The van der Waals surface area contributed by atoms with E-state index in [9.17, 15) is 0 Å². The Kier molecular flexibility index (Phi) is 8.84. The Bertz CT molecular complexity index is 1930. The lowest BCUT2D eigenvalue weighted by atomic mass is 10.2. The minimum Gasteiger partial charge on any atom is -0.306 e. The van der Waals surface area contributed by atoms with Crippen LogP contribution >= 0.6 is 46.4 Å². The molecule has 0 radical (unpaired) electrons. The summed E-state index contributed by atoms with van der Waals surface area (Å²) in [5.74, 6) is 3.40. The number of anilines is 2. The molecule has 0 spiro atoms. The van der Waals surface area contributed by atoms with Crippen molar-refractivity contribution in [1.29, 1.82) is 0 Å². The molecule has 1 aliphatic rings. The molecule has 4 heterocycles. The number of aromatic nitrogens is 6. The Morgan fingerprint density at radius 1 is 0.644 bits per heavy atom. The molecule has 3 aromatic heterocycles. The van der Waals surface area contributed by atoms with Crippen molar-refractivity contribution in [1.82, 2.24) is 24.5 Å². The Morgan fingerprint density at radius 2 is 1.13 bits per heavy atom. The van der Waals surface area contributed by atoms with Gasteiger partial charge in [0.2, 0.25) is 5.82 Å². The quantitative estimate of drug-likeness (QED) is 0.104. The van der Waals surface area contributed by atoms with Gasteiger partial charge in [-0.15, -0.1) is 13.2 Å². The first kappa shape index (κ1) is 31.0. The highest BCUT2D eigenvalue weighted by atomic mass is 35.5. The molecule has 12 heteroatoms.